The Hall–Kier alpha value is -2.76. The molecule has 53 heavy (non-hydrogen) atoms. The first kappa shape index (κ1) is 39.9. The molecular weight excluding hydrogens is 669 g/mol. The molecule has 4 saturated carbocycles. The standard InChI is InChI=1S/C42H64BN3O7/c1-26(2)23-34(43-52-36-33-24-29(41(33,4)5)25-42(36,6)53-43)44-38(49)35(27(3)47)45-37(48)30(28-17-12-13-18-28)19-11-9-7-8-10-16-22-46-39(50)31-20-14-15-21-32(31)40(46)51/h14-15,20-21,26-30,33-36,47H,7-13,16-19,22-25H2,1-6H3,(H,44,49)(H,45,48)/t27-,29-,30?,33+,34+,35+,36-,42-/m1/s1. The van der Waals surface area contributed by atoms with Gasteiger partial charge in [-0.1, -0.05) is 84.8 Å². The van der Waals surface area contributed by atoms with Crippen LogP contribution in [0.3, 0.4) is 0 Å². The van der Waals surface area contributed by atoms with Gasteiger partial charge >= 0.3 is 7.12 Å². The monoisotopic (exact) mass is 733 g/mol. The van der Waals surface area contributed by atoms with Gasteiger partial charge in [-0.05, 0) is 100 Å². The fraction of sp³-hybridized carbons (Fsp3) is 0.762. The van der Waals surface area contributed by atoms with Crippen LogP contribution in [0.15, 0.2) is 24.3 Å². The van der Waals surface area contributed by atoms with Crippen molar-refractivity contribution < 1.29 is 33.6 Å². The third-order valence-electron chi connectivity index (χ3n) is 13.6. The Labute approximate surface area is 317 Å². The number of aliphatic hydroxyl groups excluding tert-OH is 1. The van der Waals surface area contributed by atoms with Crippen molar-refractivity contribution in [3.05, 3.63) is 35.4 Å². The highest BCUT2D eigenvalue weighted by Gasteiger charge is 2.67. The van der Waals surface area contributed by atoms with Crippen LogP contribution in [0.5, 0.6) is 0 Å². The van der Waals surface area contributed by atoms with Crippen molar-refractivity contribution in [1.29, 1.82) is 0 Å². The second-order valence-electron chi connectivity index (χ2n) is 18.3. The maximum Gasteiger partial charge on any atom is 0.481 e. The van der Waals surface area contributed by atoms with E-state index >= 15 is 0 Å². The minimum Gasteiger partial charge on any atom is -0.404 e. The van der Waals surface area contributed by atoms with Gasteiger partial charge in [0.05, 0.1) is 34.9 Å². The zero-order chi connectivity index (χ0) is 38.1. The molecule has 10 nitrogen and oxygen atoms in total. The Morgan fingerprint density at radius 1 is 0.925 bits per heavy atom. The number of carbonyl (C=O) groups is 4. The van der Waals surface area contributed by atoms with Crippen LogP contribution in [0.4, 0.5) is 0 Å². The van der Waals surface area contributed by atoms with E-state index in [1.165, 1.54) is 4.90 Å². The molecule has 6 aliphatic rings. The lowest BCUT2D eigenvalue weighted by Gasteiger charge is -2.63. The number of carbonyl (C=O) groups excluding carboxylic acids is 4. The third-order valence-corrected chi connectivity index (χ3v) is 13.6. The average molecular weight is 734 g/mol. The van der Waals surface area contributed by atoms with Crippen molar-refractivity contribution in [2.75, 3.05) is 6.54 Å². The Kier molecular flexibility index (Phi) is 12.5. The molecule has 1 unspecified atom stereocenters. The minimum atomic E-state index is -1.07. The zero-order valence-electron chi connectivity index (χ0n) is 33.0. The highest BCUT2D eigenvalue weighted by Crippen LogP contribution is 2.64. The number of amides is 4. The van der Waals surface area contributed by atoms with Crippen LogP contribution in [-0.2, 0) is 18.9 Å². The van der Waals surface area contributed by atoms with Gasteiger partial charge in [0.1, 0.15) is 6.04 Å². The van der Waals surface area contributed by atoms with E-state index < -0.39 is 31.1 Å². The van der Waals surface area contributed by atoms with Gasteiger partial charge in [-0.2, -0.15) is 0 Å². The number of nitrogens with zero attached hydrogens (tertiary/aromatic N) is 1. The molecule has 1 aromatic rings. The van der Waals surface area contributed by atoms with E-state index in [1.54, 1.807) is 31.2 Å². The van der Waals surface area contributed by atoms with Gasteiger partial charge in [-0.25, -0.2) is 0 Å². The molecule has 1 aromatic carbocycles. The van der Waals surface area contributed by atoms with Crippen molar-refractivity contribution >= 4 is 30.7 Å². The SMILES string of the molecule is CC(C)C[C@H](NC(=O)[C@@H](NC(=O)C(CCCCCCCCN1C(=O)c2ccccc2C1=O)C1CCCC1)[C@@H](C)O)B1O[C@@H]2[C@@H]3C[C@H](C[C@@]2(C)O1)C3(C)C. The fourth-order valence-corrected chi connectivity index (χ4v) is 10.3. The molecule has 5 fully saturated rings. The fourth-order valence-electron chi connectivity index (χ4n) is 10.3. The first-order valence-electron chi connectivity index (χ1n) is 20.8. The Balaban J connectivity index is 0.980. The Bertz CT molecular complexity index is 1460. The lowest BCUT2D eigenvalue weighted by Crippen LogP contribution is -2.63. The van der Waals surface area contributed by atoms with E-state index in [9.17, 15) is 24.3 Å². The van der Waals surface area contributed by atoms with Crippen molar-refractivity contribution in [2.24, 2.45) is 35.0 Å². The number of rotatable bonds is 18. The van der Waals surface area contributed by atoms with E-state index in [2.05, 4.69) is 45.3 Å². The molecule has 2 bridgehead atoms. The molecule has 4 aliphatic carbocycles. The van der Waals surface area contributed by atoms with Crippen molar-refractivity contribution in [3.63, 3.8) is 0 Å². The van der Waals surface area contributed by atoms with Gasteiger partial charge in [-0.15, -0.1) is 0 Å². The molecule has 3 N–H and O–H groups in total. The number of benzene rings is 1. The topological polar surface area (TPSA) is 134 Å². The average Bonchev–Trinajstić information content (AvgIpc) is 3.83. The van der Waals surface area contributed by atoms with Gasteiger partial charge < -0.3 is 25.0 Å². The number of hydrogen-bond donors (Lipinski definition) is 3. The number of fused-ring (bicyclic) bond motifs is 1. The quantitative estimate of drug-likeness (QED) is 0.0893. The maximum absolute atomic E-state index is 13.9. The molecule has 8 atom stereocenters. The highest BCUT2D eigenvalue weighted by atomic mass is 16.7. The van der Waals surface area contributed by atoms with E-state index in [1.807, 2.05) is 0 Å². The molecule has 0 spiro atoms. The Morgan fingerprint density at radius 3 is 2.15 bits per heavy atom. The molecular formula is C42H64BN3O7. The molecule has 4 amide bonds. The van der Waals surface area contributed by atoms with Crippen LogP contribution in [0.25, 0.3) is 0 Å². The van der Waals surface area contributed by atoms with E-state index in [0.29, 0.717) is 35.9 Å². The summed E-state index contributed by atoms with van der Waals surface area (Å²) in [5.74, 6) is 0.0525. The number of imide groups is 1. The second-order valence-corrected chi connectivity index (χ2v) is 18.3. The van der Waals surface area contributed by atoms with Crippen molar-refractivity contribution in [1.82, 2.24) is 15.5 Å². The largest absolute Gasteiger partial charge is 0.481 e. The van der Waals surface area contributed by atoms with Gasteiger partial charge in [-0.3, -0.25) is 24.1 Å². The van der Waals surface area contributed by atoms with Gasteiger partial charge in [0.2, 0.25) is 11.8 Å². The lowest BCUT2D eigenvalue weighted by molar-refractivity contribution is -0.185. The molecule has 292 valence electrons. The summed E-state index contributed by atoms with van der Waals surface area (Å²) < 4.78 is 13.3. The van der Waals surface area contributed by atoms with E-state index in [0.717, 1.165) is 83.5 Å². The first-order chi connectivity index (χ1) is 25.2. The van der Waals surface area contributed by atoms with Crippen LogP contribution in [-0.4, -0.2) is 77.1 Å². The van der Waals surface area contributed by atoms with Crippen LogP contribution >= 0.6 is 0 Å². The highest BCUT2D eigenvalue weighted by molar-refractivity contribution is 6.48. The third kappa shape index (κ3) is 8.42. The van der Waals surface area contributed by atoms with Crippen LogP contribution < -0.4 is 10.6 Å². The first-order valence-corrected chi connectivity index (χ1v) is 20.8. The molecule has 1 saturated heterocycles. The van der Waals surface area contributed by atoms with Gasteiger partial charge in [0.15, 0.2) is 0 Å². The van der Waals surface area contributed by atoms with Crippen LogP contribution in [0.1, 0.15) is 152 Å². The zero-order valence-corrected chi connectivity index (χ0v) is 33.0. The van der Waals surface area contributed by atoms with Gasteiger partial charge in [0, 0.05) is 12.5 Å². The van der Waals surface area contributed by atoms with Crippen molar-refractivity contribution in [3.8, 4) is 0 Å². The maximum atomic E-state index is 13.9. The van der Waals surface area contributed by atoms with Crippen LogP contribution in [0.2, 0.25) is 0 Å². The molecule has 2 aliphatic heterocycles. The molecule has 0 aromatic heterocycles. The Morgan fingerprint density at radius 2 is 1.55 bits per heavy atom. The van der Waals surface area contributed by atoms with Gasteiger partial charge in [0.25, 0.3) is 11.8 Å². The van der Waals surface area contributed by atoms with E-state index in [-0.39, 0.29) is 52.6 Å². The lowest BCUT2D eigenvalue weighted by atomic mass is 9.45. The van der Waals surface area contributed by atoms with E-state index in [4.69, 9.17) is 9.31 Å². The number of unbranched alkanes of at least 4 members (excludes halogenated alkanes) is 5. The summed E-state index contributed by atoms with van der Waals surface area (Å²) in [6.07, 6.45) is 12.3. The second kappa shape index (κ2) is 16.5. The number of hydrogen-bond acceptors (Lipinski definition) is 7. The summed E-state index contributed by atoms with van der Waals surface area (Å²) in [5.41, 5.74) is 0.842. The van der Waals surface area contributed by atoms with Crippen molar-refractivity contribution in [2.45, 2.75) is 161 Å². The molecule has 7 rings (SSSR count). The summed E-state index contributed by atoms with van der Waals surface area (Å²) >= 11 is 0. The molecule has 0 radical (unpaired) electrons. The normalized spacial score (nSPS) is 28.3. The summed E-state index contributed by atoms with van der Waals surface area (Å²) in [4.78, 5) is 54.5. The molecule has 2 heterocycles. The summed E-state index contributed by atoms with van der Waals surface area (Å²) in [6, 6.07) is 5.93. The summed E-state index contributed by atoms with van der Waals surface area (Å²) in [6.45, 7) is 13.0. The predicted molar refractivity (Wildman–Crippen MR) is 205 cm³/mol. The summed E-state index contributed by atoms with van der Waals surface area (Å²) in [5, 5.41) is 17.0. The smallest absolute Gasteiger partial charge is 0.404 e. The minimum absolute atomic E-state index is 0.0109. The summed E-state index contributed by atoms with van der Waals surface area (Å²) in [7, 11) is -0.578. The number of aliphatic hydroxyl groups is 1. The molecule has 11 heteroatoms. The van der Waals surface area contributed by atoms with Crippen LogP contribution in [0, 0.1) is 35.0 Å². The number of nitrogens with one attached hydrogen (secondary N) is 2. The predicted octanol–water partition coefficient (Wildman–Crippen LogP) is 6.48.